The van der Waals surface area contributed by atoms with Crippen LogP contribution in [0.2, 0.25) is 0 Å². The van der Waals surface area contributed by atoms with Crippen molar-refractivity contribution in [3.05, 3.63) is 64.6 Å². The Morgan fingerprint density at radius 1 is 1.14 bits per heavy atom. The molecule has 1 atom stereocenters. The number of carbonyl (C=O) groups excluding carboxylic acids is 1. The Bertz CT molecular complexity index is 613. The number of hydrogen-bond acceptors (Lipinski definition) is 1. The van der Waals surface area contributed by atoms with Crippen molar-refractivity contribution >= 4 is 27.5 Å². The third-order valence-corrected chi connectivity index (χ3v) is 4.06. The number of carbonyl (C=O) groups is 1. The first-order valence-corrected chi connectivity index (χ1v) is 8.29. The molecule has 116 valence electrons. The van der Waals surface area contributed by atoms with Gasteiger partial charge in [0.1, 0.15) is 6.04 Å². The summed E-state index contributed by atoms with van der Waals surface area (Å²) in [6, 6.07) is 18.3. The van der Waals surface area contributed by atoms with Crippen molar-refractivity contribution in [2.24, 2.45) is 5.92 Å². The largest absolute Gasteiger partial charge is 0.332 e. The average Bonchev–Trinajstić information content (AvgIpc) is 2.48. The number of rotatable bonds is 6. The number of nitrogens with one attached hydrogen (secondary N) is 1. The van der Waals surface area contributed by atoms with Gasteiger partial charge in [0.2, 0.25) is 0 Å². The van der Waals surface area contributed by atoms with E-state index in [0.29, 0.717) is 12.5 Å². The van der Waals surface area contributed by atoms with Crippen molar-refractivity contribution in [1.29, 1.82) is 0 Å². The molecule has 0 aliphatic carbocycles. The van der Waals surface area contributed by atoms with Crippen LogP contribution < -0.4 is 10.6 Å². The average molecular weight is 362 g/mol. The van der Waals surface area contributed by atoms with Crippen LogP contribution in [0.3, 0.4) is 0 Å². The third-order valence-electron chi connectivity index (χ3n) is 3.57. The number of hydrogen-bond donors (Lipinski definition) is 2. The molecule has 1 amide bonds. The van der Waals surface area contributed by atoms with Gasteiger partial charge in [0.25, 0.3) is 5.91 Å². The van der Waals surface area contributed by atoms with E-state index in [1.54, 1.807) is 0 Å². The molecule has 0 radical (unpaired) electrons. The van der Waals surface area contributed by atoms with E-state index >= 15 is 0 Å². The summed E-state index contributed by atoms with van der Waals surface area (Å²) in [6.07, 6.45) is 0. The van der Waals surface area contributed by atoms with Crippen LogP contribution >= 0.6 is 15.9 Å². The summed E-state index contributed by atoms with van der Waals surface area (Å²) in [5.74, 6) is 0.473. The van der Waals surface area contributed by atoms with E-state index < -0.39 is 0 Å². The summed E-state index contributed by atoms with van der Waals surface area (Å²) in [7, 11) is 0. The number of anilines is 1. The van der Waals surface area contributed by atoms with Gasteiger partial charge in [0.15, 0.2) is 6.54 Å². The highest BCUT2D eigenvalue weighted by Gasteiger charge is 2.20. The van der Waals surface area contributed by atoms with Gasteiger partial charge in [-0.2, -0.15) is 0 Å². The molecule has 22 heavy (non-hydrogen) atoms. The smallest absolute Gasteiger partial charge is 0.279 e. The zero-order chi connectivity index (χ0) is 15.9. The van der Waals surface area contributed by atoms with Gasteiger partial charge in [-0.1, -0.05) is 66.2 Å². The van der Waals surface area contributed by atoms with E-state index in [1.165, 1.54) is 5.56 Å². The van der Waals surface area contributed by atoms with Crippen molar-refractivity contribution in [2.75, 3.05) is 11.9 Å². The molecule has 0 aliphatic heterocycles. The van der Waals surface area contributed by atoms with Crippen LogP contribution in [0, 0.1) is 5.92 Å². The van der Waals surface area contributed by atoms with Crippen molar-refractivity contribution in [3.8, 4) is 0 Å². The number of nitrogens with two attached hydrogens (primary N) is 1. The highest BCUT2D eigenvalue weighted by molar-refractivity contribution is 9.10. The minimum atomic E-state index is 0.0136. The molecular formula is C18H22BrN2O+. The van der Waals surface area contributed by atoms with Gasteiger partial charge in [-0.25, -0.2) is 0 Å². The number of quaternary nitrogens is 1. The van der Waals surface area contributed by atoms with Gasteiger partial charge in [-0.15, -0.1) is 0 Å². The second kappa shape index (κ2) is 8.11. The molecule has 0 bridgehead atoms. The zero-order valence-electron chi connectivity index (χ0n) is 12.9. The molecule has 3 nitrogen and oxygen atoms in total. The van der Waals surface area contributed by atoms with E-state index in [2.05, 4.69) is 52.5 Å². The normalized spacial score (nSPS) is 12.2. The summed E-state index contributed by atoms with van der Waals surface area (Å²) in [5, 5.41) is 5.03. The SMILES string of the molecule is CC(C)[C@H]([NH2+]CC(=O)Nc1cccc(Br)c1)c1ccccc1. The first-order valence-electron chi connectivity index (χ1n) is 7.50. The number of amides is 1. The summed E-state index contributed by atoms with van der Waals surface area (Å²) in [5.41, 5.74) is 2.07. The van der Waals surface area contributed by atoms with E-state index in [9.17, 15) is 4.79 Å². The lowest BCUT2D eigenvalue weighted by atomic mass is 9.96. The summed E-state index contributed by atoms with van der Waals surface area (Å²) in [6.45, 7) is 4.77. The maximum absolute atomic E-state index is 12.1. The van der Waals surface area contributed by atoms with Crippen molar-refractivity contribution in [2.45, 2.75) is 19.9 Å². The van der Waals surface area contributed by atoms with E-state index in [0.717, 1.165) is 10.2 Å². The highest BCUT2D eigenvalue weighted by atomic mass is 79.9. The molecule has 0 saturated heterocycles. The third kappa shape index (κ3) is 4.97. The van der Waals surface area contributed by atoms with Crippen LogP contribution in [0.4, 0.5) is 5.69 Å². The second-order valence-corrected chi connectivity index (χ2v) is 6.59. The van der Waals surface area contributed by atoms with Crippen LogP contribution in [0.25, 0.3) is 0 Å². The van der Waals surface area contributed by atoms with E-state index in [-0.39, 0.29) is 11.9 Å². The predicted molar refractivity (Wildman–Crippen MR) is 93.6 cm³/mol. The fourth-order valence-corrected chi connectivity index (χ4v) is 2.88. The van der Waals surface area contributed by atoms with Gasteiger partial charge in [0.05, 0.1) is 0 Å². The predicted octanol–water partition coefficient (Wildman–Crippen LogP) is 3.35. The fraction of sp³-hybridized carbons (Fsp3) is 0.278. The van der Waals surface area contributed by atoms with E-state index in [4.69, 9.17) is 0 Å². The first kappa shape index (κ1) is 16.7. The lowest BCUT2D eigenvalue weighted by Gasteiger charge is -2.19. The Labute approximate surface area is 140 Å². The topological polar surface area (TPSA) is 45.7 Å². The molecule has 4 heteroatoms. The lowest BCUT2D eigenvalue weighted by molar-refractivity contribution is -0.692. The van der Waals surface area contributed by atoms with Gasteiger partial charge in [0, 0.05) is 21.6 Å². The molecular weight excluding hydrogens is 340 g/mol. The lowest BCUT2D eigenvalue weighted by Crippen LogP contribution is -2.88. The van der Waals surface area contributed by atoms with Gasteiger partial charge in [-0.05, 0) is 18.2 Å². The standard InChI is InChI=1S/C18H21BrN2O/c1-13(2)18(14-7-4-3-5-8-14)20-12-17(22)21-16-10-6-9-15(19)11-16/h3-11,13,18,20H,12H2,1-2H3,(H,21,22)/p+1/t18-/m0/s1. The Hall–Kier alpha value is -1.65. The first-order chi connectivity index (χ1) is 10.6. The maximum Gasteiger partial charge on any atom is 0.279 e. The van der Waals surface area contributed by atoms with Crippen molar-refractivity contribution < 1.29 is 10.1 Å². The fourth-order valence-electron chi connectivity index (χ4n) is 2.48. The maximum atomic E-state index is 12.1. The van der Waals surface area contributed by atoms with Crippen LogP contribution in [-0.4, -0.2) is 12.5 Å². The Morgan fingerprint density at radius 3 is 2.50 bits per heavy atom. The quantitative estimate of drug-likeness (QED) is 0.814. The molecule has 2 aromatic rings. The number of halogens is 1. The second-order valence-electron chi connectivity index (χ2n) is 5.68. The number of benzene rings is 2. The minimum absolute atomic E-state index is 0.0136. The molecule has 2 aromatic carbocycles. The Kier molecular flexibility index (Phi) is 6.16. The Balaban J connectivity index is 1.94. The molecule has 0 fully saturated rings. The molecule has 0 heterocycles. The molecule has 0 unspecified atom stereocenters. The minimum Gasteiger partial charge on any atom is -0.332 e. The monoisotopic (exact) mass is 361 g/mol. The zero-order valence-corrected chi connectivity index (χ0v) is 14.5. The van der Waals surface area contributed by atoms with E-state index in [1.807, 2.05) is 42.5 Å². The molecule has 0 aliphatic rings. The molecule has 0 aromatic heterocycles. The van der Waals surface area contributed by atoms with Crippen LogP contribution in [0.15, 0.2) is 59.1 Å². The molecule has 2 rings (SSSR count). The Morgan fingerprint density at radius 2 is 1.86 bits per heavy atom. The van der Waals surface area contributed by atoms with Crippen molar-refractivity contribution in [1.82, 2.24) is 0 Å². The molecule has 0 saturated carbocycles. The summed E-state index contributed by atoms with van der Waals surface area (Å²) in [4.78, 5) is 12.1. The molecule has 3 N–H and O–H groups in total. The summed E-state index contributed by atoms with van der Waals surface area (Å²) < 4.78 is 0.957. The van der Waals surface area contributed by atoms with Gasteiger partial charge in [-0.3, -0.25) is 4.79 Å². The van der Waals surface area contributed by atoms with Crippen LogP contribution in [0.5, 0.6) is 0 Å². The van der Waals surface area contributed by atoms with Crippen LogP contribution in [-0.2, 0) is 4.79 Å². The molecule has 0 spiro atoms. The van der Waals surface area contributed by atoms with Crippen molar-refractivity contribution in [3.63, 3.8) is 0 Å². The van der Waals surface area contributed by atoms with Gasteiger partial charge < -0.3 is 10.6 Å². The summed E-state index contributed by atoms with van der Waals surface area (Å²) >= 11 is 3.40. The highest BCUT2D eigenvalue weighted by Crippen LogP contribution is 2.17. The van der Waals surface area contributed by atoms with Crippen LogP contribution in [0.1, 0.15) is 25.5 Å². The van der Waals surface area contributed by atoms with Gasteiger partial charge >= 0.3 is 0 Å².